The molecule has 19 heavy (non-hydrogen) atoms. The lowest BCUT2D eigenvalue weighted by molar-refractivity contribution is 0.138. The molecule has 2 rings (SSSR count). The summed E-state index contributed by atoms with van der Waals surface area (Å²) in [4.78, 5) is 2.42. The fourth-order valence-electron chi connectivity index (χ4n) is 2.70. The van der Waals surface area contributed by atoms with Gasteiger partial charge in [0, 0.05) is 19.1 Å². The van der Waals surface area contributed by atoms with Crippen molar-refractivity contribution in [3.63, 3.8) is 0 Å². The van der Waals surface area contributed by atoms with Crippen LogP contribution >= 0.6 is 11.6 Å². The molecule has 1 N–H and O–H groups in total. The van der Waals surface area contributed by atoms with E-state index in [4.69, 9.17) is 11.6 Å². The summed E-state index contributed by atoms with van der Waals surface area (Å²) in [7, 11) is 0. The highest BCUT2D eigenvalue weighted by atomic mass is 35.5. The van der Waals surface area contributed by atoms with Crippen LogP contribution < -0.4 is 5.32 Å². The maximum atomic E-state index is 13.5. The second kappa shape index (κ2) is 7.22. The number of halogens is 2. The van der Waals surface area contributed by atoms with Crippen molar-refractivity contribution in [2.75, 3.05) is 19.6 Å². The van der Waals surface area contributed by atoms with Gasteiger partial charge in [-0.3, -0.25) is 4.90 Å². The minimum atomic E-state index is -0.320. The van der Waals surface area contributed by atoms with Crippen LogP contribution in [-0.4, -0.2) is 30.6 Å². The van der Waals surface area contributed by atoms with E-state index in [1.54, 1.807) is 6.07 Å². The van der Waals surface area contributed by atoms with Crippen molar-refractivity contribution in [3.8, 4) is 0 Å². The number of nitrogens with one attached hydrogen (secondary N) is 1. The maximum Gasteiger partial charge on any atom is 0.142 e. The third kappa shape index (κ3) is 3.91. The summed E-state index contributed by atoms with van der Waals surface area (Å²) in [5.41, 5.74) is 0.894. The van der Waals surface area contributed by atoms with E-state index in [9.17, 15) is 4.39 Å². The summed E-state index contributed by atoms with van der Waals surface area (Å²) < 4.78 is 13.5. The molecule has 0 radical (unpaired) electrons. The zero-order valence-corrected chi connectivity index (χ0v) is 12.2. The van der Waals surface area contributed by atoms with Crippen molar-refractivity contribution >= 4 is 11.6 Å². The van der Waals surface area contributed by atoms with Gasteiger partial charge in [-0.15, -0.1) is 0 Å². The summed E-state index contributed by atoms with van der Waals surface area (Å²) in [6.07, 6.45) is 3.71. The molecule has 0 amide bonds. The second-order valence-corrected chi connectivity index (χ2v) is 5.52. The molecule has 1 heterocycles. The van der Waals surface area contributed by atoms with E-state index in [0.717, 1.165) is 31.7 Å². The number of piperidine rings is 1. The van der Waals surface area contributed by atoms with Gasteiger partial charge in [-0.1, -0.05) is 37.1 Å². The Kier molecular flexibility index (Phi) is 5.61. The molecule has 1 unspecified atom stereocenters. The Bertz CT molecular complexity index is 411. The zero-order chi connectivity index (χ0) is 13.7. The first-order chi connectivity index (χ1) is 9.22. The highest BCUT2D eigenvalue weighted by Crippen LogP contribution is 2.24. The van der Waals surface area contributed by atoms with Crippen LogP contribution in [0.25, 0.3) is 0 Å². The fourth-order valence-corrected chi connectivity index (χ4v) is 2.89. The van der Waals surface area contributed by atoms with E-state index in [0.29, 0.717) is 6.04 Å². The van der Waals surface area contributed by atoms with Crippen LogP contribution in [0.5, 0.6) is 0 Å². The van der Waals surface area contributed by atoms with Crippen LogP contribution in [0.3, 0.4) is 0 Å². The summed E-state index contributed by atoms with van der Waals surface area (Å²) in [5, 5.41) is 3.68. The molecule has 0 spiro atoms. The molecule has 1 aliphatic heterocycles. The van der Waals surface area contributed by atoms with Gasteiger partial charge in [0.25, 0.3) is 0 Å². The average molecular weight is 285 g/mol. The SMILES string of the molecule is CCNCC1CCCCN1Cc1cccc(F)c1Cl. The van der Waals surface area contributed by atoms with Crippen LogP contribution in [0.1, 0.15) is 31.7 Å². The van der Waals surface area contributed by atoms with Crippen LogP contribution in [0.4, 0.5) is 4.39 Å². The minimum absolute atomic E-state index is 0.273. The fraction of sp³-hybridized carbons (Fsp3) is 0.600. The first-order valence-electron chi connectivity index (χ1n) is 7.10. The van der Waals surface area contributed by atoms with Crippen molar-refractivity contribution in [2.45, 2.75) is 38.8 Å². The highest BCUT2D eigenvalue weighted by Gasteiger charge is 2.22. The Labute approximate surface area is 119 Å². The zero-order valence-electron chi connectivity index (χ0n) is 11.5. The molecule has 1 aromatic rings. The molecule has 106 valence electrons. The van der Waals surface area contributed by atoms with E-state index in [2.05, 4.69) is 17.1 Å². The predicted octanol–water partition coefficient (Wildman–Crippen LogP) is 3.44. The quantitative estimate of drug-likeness (QED) is 0.891. The molecule has 1 aliphatic rings. The van der Waals surface area contributed by atoms with E-state index >= 15 is 0 Å². The predicted molar refractivity (Wildman–Crippen MR) is 78.0 cm³/mol. The standard InChI is InChI=1S/C15H22ClFN2/c1-2-18-10-13-7-3-4-9-19(13)11-12-6-5-8-14(17)15(12)16/h5-6,8,13,18H,2-4,7,9-11H2,1H3. The van der Waals surface area contributed by atoms with E-state index in [1.165, 1.54) is 25.3 Å². The second-order valence-electron chi connectivity index (χ2n) is 5.14. The molecule has 1 fully saturated rings. The summed E-state index contributed by atoms with van der Waals surface area (Å²) in [5.74, 6) is -0.320. The Morgan fingerprint density at radius 1 is 1.42 bits per heavy atom. The number of nitrogens with zero attached hydrogens (tertiary/aromatic N) is 1. The molecule has 4 heteroatoms. The van der Waals surface area contributed by atoms with E-state index in [-0.39, 0.29) is 10.8 Å². The first-order valence-corrected chi connectivity index (χ1v) is 7.47. The number of benzene rings is 1. The number of likely N-dealkylation sites (N-methyl/N-ethyl adjacent to an activating group) is 1. The Morgan fingerprint density at radius 2 is 2.26 bits per heavy atom. The van der Waals surface area contributed by atoms with Crippen molar-refractivity contribution in [2.24, 2.45) is 0 Å². The molecule has 0 saturated carbocycles. The molecule has 0 bridgehead atoms. The van der Waals surface area contributed by atoms with Crippen LogP contribution in [0.15, 0.2) is 18.2 Å². The molecule has 1 atom stereocenters. The molecule has 0 aliphatic carbocycles. The topological polar surface area (TPSA) is 15.3 Å². The Morgan fingerprint density at radius 3 is 3.05 bits per heavy atom. The lowest BCUT2D eigenvalue weighted by Gasteiger charge is -2.36. The third-order valence-electron chi connectivity index (χ3n) is 3.78. The van der Waals surface area contributed by atoms with Gasteiger partial charge in [0.05, 0.1) is 5.02 Å². The minimum Gasteiger partial charge on any atom is -0.315 e. The lowest BCUT2D eigenvalue weighted by Crippen LogP contribution is -2.45. The molecule has 0 aromatic heterocycles. The number of likely N-dealkylation sites (tertiary alicyclic amines) is 1. The van der Waals surface area contributed by atoms with Gasteiger partial charge in [-0.2, -0.15) is 0 Å². The van der Waals surface area contributed by atoms with Crippen molar-refractivity contribution in [1.82, 2.24) is 10.2 Å². The Hall–Kier alpha value is -0.640. The van der Waals surface area contributed by atoms with E-state index in [1.807, 2.05) is 6.07 Å². The highest BCUT2D eigenvalue weighted by molar-refractivity contribution is 6.31. The van der Waals surface area contributed by atoms with E-state index < -0.39 is 0 Å². The third-order valence-corrected chi connectivity index (χ3v) is 4.21. The van der Waals surface area contributed by atoms with Crippen molar-refractivity contribution in [3.05, 3.63) is 34.6 Å². The van der Waals surface area contributed by atoms with Crippen LogP contribution in [0.2, 0.25) is 5.02 Å². The Balaban J connectivity index is 2.04. The van der Waals surface area contributed by atoms with Crippen LogP contribution in [0, 0.1) is 5.82 Å². The van der Waals surface area contributed by atoms with Gasteiger partial charge < -0.3 is 5.32 Å². The maximum absolute atomic E-state index is 13.5. The largest absolute Gasteiger partial charge is 0.315 e. The molecular weight excluding hydrogens is 263 g/mol. The first kappa shape index (κ1) is 14.8. The summed E-state index contributed by atoms with van der Waals surface area (Å²) in [6, 6.07) is 5.61. The van der Waals surface area contributed by atoms with Gasteiger partial charge in [-0.25, -0.2) is 4.39 Å². The van der Waals surface area contributed by atoms with Gasteiger partial charge in [0.2, 0.25) is 0 Å². The number of hydrogen-bond acceptors (Lipinski definition) is 2. The lowest BCUT2D eigenvalue weighted by atomic mass is 10.0. The number of hydrogen-bond donors (Lipinski definition) is 1. The summed E-state index contributed by atoms with van der Waals surface area (Å²) >= 11 is 6.05. The molecule has 1 saturated heterocycles. The van der Waals surface area contributed by atoms with Crippen LogP contribution in [-0.2, 0) is 6.54 Å². The van der Waals surface area contributed by atoms with Gasteiger partial charge >= 0.3 is 0 Å². The average Bonchev–Trinajstić information content (AvgIpc) is 2.43. The smallest absolute Gasteiger partial charge is 0.142 e. The molecule has 2 nitrogen and oxygen atoms in total. The van der Waals surface area contributed by atoms with Gasteiger partial charge in [-0.05, 0) is 37.6 Å². The summed E-state index contributed by atoms with van der Waals surface area (Å²) in [6.45, 7) is 5.93. The monoisotopic (exact) mass is 284 g/mol. The van der Waals surface area contributed by atoms with Gasteiger partial charge in [0.1, 0.15) is 5.82 Å². The number of rotatable bonds is 5. The van der Waals surface area contributed by atoms with Gasteiger partial charge in [0.15, 0.2) is 0 Å². The normalized spacial score (nSPS) is 20.7. The van der Waals surface area contributed by atoms with Crippen molar-refractivity contribution in [1.29, 1.82) is 0 Å². The molecule has 1 aromatic carbocycles. The molecular formula is C15H22ClFN2. The van der Waals surface area contributed by atoms with Crippen molar-refractivity contribution < 1.29 is 4.39 Å².